The predicted molar refractivity (Wildman–Crippen MR) is 126 cm³/mol. The fraction of sp³-hybridized carbons (Fsp3) is 0.423. The topological polar surface area (TPSA) is 105 Å². The molecule has 1 unspecified atom stereocenters. The van der Waals surface area contributed by atoms with Crippen LogP contribution in [0.2, 0.25) is 0 Å². The lowest BCUT2D eigenvalue weighted by Gasteiger charge is -2.22. The molecule has 0 radical (unpaired) electrons. The molecule has 0 bridgehead atoms. The Morgan fingerprint density at radius 1 is 0.939 bits per heavy atom. The van der Waals surface area contributed by atoms with Gasteiger partial charge in [-0.15, -0.1) is 0 Å². The first-order valence-electron chi connectivity index (χ1n) is 11.4. The molecular weight excluding hydrogens is 420 g/mol. The van der Waals surface area contributed by atoms with Crippen molar-refractivity contribution in [2.75, 3.05) is 13.2 Å². The van der Waals surface area contributed by atoms with Crippen LogP contribution in [0, 0.1) is 11.8 Å². The molecule has 3 N–H and O–H groups in total. The van der Waals surface area contributed by atoms with Crippen molar-refractivity contribution in [2.24, 2.45) is 11.8 Å². The maximum absolute atomic E-state index is 12.3. The summed E-state index contributed by atoms with van der Waals surface area (Å²) in [7, 11) is 0. The van der Waals surface area contributed by atoms with Gasteiger partial charge in [0.15, 0.2) is 0 Å². The first-order valence-corrected chi connectivity index (χ1v) is 11.4. The number of hydrogen-bond donors (Lipinski definition) is 3. The third kappa shape index (κ3) is 6.34. The molecule has 0 saturated carbocycles. The zero-order valence-corrected chi connectivity index (χ0v) is 19.3. The second-order valence-corrected chi connectivity index (χ2v) is 9.03. The SMILES string of the molecule is CC(CNC(=O)OCC1c2ccccc2-c2ccccc21)CC(=O)N[C@@H](CC(=O)O)C(C)C. The predicted octanol–water partition coefficient (Wildman–Crippen LogP) is 4.17. The number of nitrogens with one attached hydrogen (secondary N) is 2. The fourth-order valence-corrected chi connectivity index (χ4v) is 4.20. The standard InChI is InChI=1S/C26H32N2O5/c1-16(2)23(13-25(30)31)28-24(29)12-17(3)14-27-26(32)33-15-22-20-10-6-4-8-18(20)19-9-5-7-11-21(19)22/h4-11,16-17,22-23H,12-15H2,1-3H3,(H,27,32)(H,28,29)(H,30,31)/t17?,23-/m0/s1. The van der Waals surface area contributed by atoms with Gasteiger partial charge in [0.1, 0.15) is 6.61 Å². The van der Waals surface area contributed by atoms with Crippen LogP contribution < -0.4 is 10.6 Å². The van der Waals surface area contributed by atoms with E-state index in [1.807, 2.05) is 45.0 Å². The summed E-state index contributed by atoms with van der Waals surface area (Å²) < 4.78 is 5.52. The number of carboxylic acids is 1. The molecule has 2 aromatic rings. The number of fused-ring (bicyclic) bond motifs is 3. The molecule has 2 aromatic carbocycles. The number of carboxylic acid groups (broad SMARTS) is 1. The van der Waals surface area contributed by atoms with Gasteiger partial charge in [0, 0.05) is 24.9 Å². The zero-order chi connectivity index (χ0) is 24.0. The number of alkyl carbamates (subject to hydrolysis) is 1. The van der Waals surface area contributed by atoms with Gasteiger partial charge in [-0.25, -0.2) is 4.79 Å². The molecule has 33 heavy (non-hydrogen) atoms. The molecule has 3 rings (SSSR count). The van der Waals surface area contributed by atoms with E-state index in [9.17, 15) is 14.4 Å². The Kier molecular flexibility index (Phi) is 8.09. The van der Waals surface area contributed by atoms with Gasteiger partial charge >= 0.3 is 12.1 Å². The number of benzene rings is 2. The van der Waals surface area contributed by atoms with Gasteiger partial charge in [0.05, 0.1) is 6.42 Å². The quantitative estimate of drug-likeness (QED) is 0.502. The molecule has 7 heteroatoms. The largest absolute Gasteiger partial charge is 0.481 e. The van der Waals surface area contributed by atoms with Crippen LogP contribution in [-0.2, 0) is 14.3 Å². The summed E-state index contributed by atoms with van der Waals surface area (Å²) in [5.74, 6) is -1.29. The highest BCUT2D eigenvalue weighted by molar-refractivity contribution is 5.79. The van der Waals surface area contributed by atoms with Gasteiger partial charge < -0.3 is 20.5 Å². The first kappa shape index (κ1) is 24.3. The van der Waals surface area contributed by atoms with E-state index < -0.39 is 18.1 Å². The van der Waals surface area contributed by atoms with Gasteiger partial charge in [0.25, 0.3) is 0 Å². The van der Waals surface area contributed by atoms with Crippen molar-refractivity contribution in [1.82, 2.24) is 10.6 Å². The van der Waals surface area contributed by atoms with E-state index in [0.717, 1.165) is 11.1 Å². The summed E-state index contributed by atoms with van der Waals surface area (Å²) in [5, 5.41) is 14.5. The summed E-state index contributed by atoms with van der Waals surface area (Å²) >= 11 is 0. The number of amides is 2. The molecule has 1 aliphatic rings. The summed E-state index contributed by atoms with van der Waals surface area (Å²) in [5.41, 5.74) is 4.64. The molecule has 1 aliphatic carbocycles. The van der Waals surface area contributed by atoms with Crippen molar-refractivity contribution < 1.29 is 24.2 Å². The van der Waals surface area contributed by atoms with Crippen LogP contribution in [0.3, 0.4) is 0 Å². The number of ether oxygens (including phenoxy) is 1. The van der Waals surface area contributed by atoms with Crippen molar-refractivity contribution in [2.45, 2.75) is 45.6 Å². The Morgan fingerprint density at radius 3 is 2.06 bits per heavy atom. The van der Waals surface area contributed by atoms with E-state index in [1.165, 1.54) is 11.1 Å². The molecule has 176 valence electrons. The van der Waals surface area contributed by atoms with E-state index in [4.69, 9.17) is 9.84 Å². The van der Waals surface area contributed by atoms with Crippen LogP contribution in [0.1, 0.15) is 50.7 Å². The number of carbonyl (C=O) groups excluding carboxylic acids is 2. The highest BCUT2D eigenvalue weighted by Gasteiger charge is 2.29. The Labute approximate surface area is 194 Å². The Balaban J connectivity index is 1.46. The van der Waals surface area contributed by atoms with Crippen molar-refractivity contribution in [3.8, 4) is 11.1 Å². The average Bonchev–Trinajstić information content (AvgIpc) is 3.09. The molecule has 0 saturated heterocycles. The third-order valence-electron chi connectivity index (χ3n) is 6.02. The molecule has 0 fully saturated rings. The normalized spacial score (nSPS) is 14.2. The van der Waals surface area contributed by atoms with E-state index in [1.54, 1.807) is 0 Å². The van der Waals surface area contributed by atoms with Crippen molar-refractivity contribution in [1.29, 1.82) is 0 Å². The number of rotatable bonds is 10. The lowest BCUT2D eigenvalue weighted by molar-refractivity contribution is -0.138. The van der Waals surface area contributed by atoms with Gasteiger partial charge in [-0.3, -0.25) is 9.59 Å². The molecule has 0 aromatic heterocycles. The maximum Gasteiger partial charge on any atom is 0.407 e. The second-order valence-electron chi connectivity index (χ2n) is 9.03. The summed E-state index contributed by atoms with van der Waals surface area (Å²) in [6, 6.07) is 15.9. The van der Waals surface area contributed by atoms with Gasteiger partial charge in [-0.05, 0) is 34.1 Å². The molecule has 0 spiro atoms. The zero-order valence-electron chi connectivity index (χ0n) is 19.3. The molecule has 7 nitrogen and oxygen atoms in total. The van der Waals surface area contributed by atoms with E-state index in [-0.39, 0.29) is 49.7 Å². The Bertz CT molecular complexity index is 958. The summed E-state index contributed by atoms with van der Waals surface area (Å²) in [6.45, 7) is 6.12. The first-order chi connectivity index (χ1) is 15.8. The molecule has 0 heterocycles. The van der Waals surface area contributed by atoms with E-state index in [2.05, 4.69) is 34.9 Å². The van der Waals surface area contributed by atoms with Crippen molar-refractivity contribution in [3.63, 3.8) is 0 Å². The highest BCUT2D eigenvalue weighted by Crippen LogP contribution is 2.44. The minimum Gasteiger partial charge on any atom is -0.481 e. The number of hydrogen-bond acceptors (Lipinski definition) is 4. The van der Waals surface area contributed by atoms with Crippen LogP contribution in [0.4, 0.5) is 4.79 Å². The fourth-order valence-electron chi connectivity index (χ4n) is 4.20. The van der Waals surface area contributed by atoms with Crippen molar-refractivity contribution in [3.05, 3.63) is 59.7 Å². The lowest BCUT2D eigenvalue weighted by Crippen LogP contribution is -2.41. The molecule has 0 aliphatic heterocycles. The van der Waals surface area contributed by atoms with Gasteiger partial charge in [-0.2, -0.15) is 0 Å². The molecule has 2 amide bonds. The molecular formula is C26H32N2O5. The van der Waals surface area contributed by atoms with Gasteiger partial charge in [0.2, 0.25) is 5.91 Å². The minimum absolute atomic E-state index is 0.00597. The average molecular weight is 453 g/mol. The molecule has 2 atom stereocenters. The number of carbonyl (C=O) groups is 3. The lowest BCUT2D eigenvalue weighted by atomic mass is 9.98. The summed E-state index contributed by atoms with van der Waals surface area (Å²) in [6.07, 6.45) is -0.447. The monoisotopic (exact) mass is 452 g/mol. The number of aliphatic carboxylic acids is 1. The third-order valence-corrected chi connectivity index (χ3v) is 6.02. The Morgan fingerprint density at radius 2 is 1.52 bits per heavy atom. The van der Waals surface area contributed by atoms with Gasteiger partial charge in [-0.1, -0.05) is 69.3 Å². The van der Waals surface area contributed by atoms with Crippen molar-refractivity contribution >= 4 is 18.0 Å². The minimum atomic E-state index is -0.945. The summed E-state index contributed by atoms with van der Waals surface area (Å²) in [4.78, 5) is 35.6. The van der Waals surface area contributed by atoms with E-state index in [0.29, 0.717) is 0 Å². The van der Waals surface area contributed by atoms with Crippen LogP contribution in [0.5, 0.6) is 0 Å². The maximum atomic E-state index is 12.3. The van der Waals surface area contributed by atoms with Crippen LogP contribution in [0.25, 0.3) is 11.1 Å². The highest BCUT2D eigenvalue weighted by atomic mass is 16.5. The second kappa shape index (κ2) is 11.0. The van der Waals surface area contributed by atoms with Crippen LogP contribution in [0.15, 0.2) is 48.5 Å². The van der Waals surface area contributed by atoms with Crippen LogP contribution >= 0.6 is 0 Å². The Hall–Kier alpha value is -3.35. The van der Waals surface area contributed by atoms with E-state index >= 15 is 0 Å². The smallest absolute Gasteiger partial charge is 0.407 e. The van der Waals surface area contributed by atoms with Crippen LogP contribution in [-0.4, -0.2) is 42.3 Å².